The van der Waals surface area contributed by atoms with Gasteiger partial charge >= 0.3 is 5.97 Å². The van der Waals surface area contributed by atoms with Crippen LogP contribution in [0.4, 0.5) is 0 Å². The average molecular weight is 458 g/mol. The molecule has 0 aliphatic carbocycles. The summed E-state index contributed by atoms with van der Waals surface area (Å²) >= 11 is 0. The van der Waals surface area contributed by atoms with Crippen molar-refractivity contribution in [1.82, 2.24) is 4.31 Å². The van der Waals surface area contributed by atoms with Crippen molar-refractivity contribution in [3.8, 4) is 5.75 Å². The summed E-state index contributed by atoms with van der Waals surface area (Å²) in [4.78, 5) is 24.7. The van der Waals surface area contributed by atoms with Gasteiger partial charge < -0.3 is 9.47 Å². The van der Waals surface area contributed by atoms with Gasteiger partial charge in [0.1, 0.15) is 5.75 Å². The number of ether oxygens (including phenoxy) is 2. The molecule has 0 radical (unpaired) electrons. The minimum absolute atomic E-state index is 0.115. The van der Waals surface area contributed by atoms with Gasteiger partial charge in [0.25, 0.3) is 0 Å². The van der Waals surface area contributed by atoms with Crippen LogP contribution < -0.4 is 4.74 Å². The summed E-state index contributed by atoms with van der Waals surface area (Å²) in [5.74, 6) is 0.0847. The number of esters is 1. The number of piperidine rings is 1. The highest BCUT2D eigenvalue weighted by molar-refractivity contribution is 7.89. The molecule has 2 aromatic carbocycles. The Labute approximate surface area is 188 Å². The van der Waals surface area contributed by atoms with Crippen LogP contribution in [0.2, 0.25) is 0 Å². The largest absolute Gasteiger partial charge is 0.493 e. The van der Waals surface area contributed by atoms with Gasteiger partial charge in [-0.05, 0) is 60.7 Å². The molecule has 0 aromatic heterocycles. The van der Waals surface area contributed by atoms with Crippen molar-refractivity contribution >= 4 is 21.8 Å². The molecule has 0 amide bonds. The first-order chi connectivity index (χ1) is 15.4. The fourth-order valence-corrected chi connectivity index (χ4v) is 5.51. The highest BCUT2D eigenvalue weighted by Crippen LogP contribution is 2.26. The van der Waals surface area contributed by atoms with E-state index in [4.69, 9.17) is 9.47 Å². The standard InChI is InChI=1S/C24H27NO6S/c26-22(19-7-10-23-20(16-19)12-15-30-23)17-31-24(27)11-6-18-4-8-21(9-5-18)32(28,29)25-13-2-1-3-14-25/h4-5,7-10,16H,1-3,6,11-15,17H2. The molecule has 2 aromatic rings. The second kappa shape index (κ2) is 9.83. The minimum Gasteiger partial charge on any atom is -0.493 e. The first kappa shape index (κ1) is 22.5. The molecule has 4 rings (SSSR count). The number of carbonyl (C=O) groups is 2. The Bertz CT molecular complexity index is 1090. The summed E-state index contributed by atoms with van der Waals surface area (Å²) in [5.41, 5.74) is 2.34. The first-order valence-electron chi connectivity index (χ1n) is 11.0. The lowest BCUT2D eigenvalue weighted by Gasteiger charge is -2.25. The number of Topliss-reactive ketones (excluding diaryl/α,β-unsaturated/α-hetero) is 1. The molecule has 1 saturated heterocycles. The number of hydrogen-bond donors (Lipinski definition) is 0. The predicted octanol–water partition coefficient (Wildman–Crippen LogP) is 3.15. The molecule has 170 valence electrons. The molecule has 0 spiro atoms. The molecular formula is C24H27NO6S. The van der Waals surface area contributed by atoms with Gasteiger partial charge in [0.2, 0.25) is 10.0 Å². The van der Waals surface area contributed by atoms with Gasteiger partial charge in [-0.15, -0.1) is 0 Å². The second-order valence-electron chi connectivity index (χ2n) is 8.11. The number of aryl methyl sites for hydroxylation is 1. The van der Waals surface area contributed by atoms with Crippen LogP contribution in [-0.2, 0) is 32.4 Å². The van der Waals surface area contributed by atoms with Crippen LogP contribution in [-0.4, -0.2) is 50.8 Å². The fourth-order valence-electron chi connectivity index (χ4n) is 3.99. The molecule has 32 heavy (non-hydrogen) atoms. The lowest BCUT2D eigenvalue weighted by atomic mass is 10.1. The van der Waals surface area contributed by atoms with Crippen molar-refractivity contribution in [3.05, 3.63) is 59.2 Å². The molecule has 8 heteroatoms. The zero-order chi connectivity index (χ0) is 22.6. The zero-order valence-electron chi connectivity index (χ0n) is 17.9. The van der Waals surface area contributed by atoms with Crippen molar-refractivity contribution in [2.45, 2.75) is 43.4 Å². The highest BCUT2D eigenvalue weighted by atomic mass is 32.2. The number of rotatable bonds is 8. The third-order valence-electron chi connectivity index (χ3n) is 5.87. The highest BCUT2D eigenvalue weighted by Gasteiger charge is 2.25. The van der Waals surface area contributed by atoms with E-state index in [1.807, 2.05) is 0 Å². The van der Waals surface area contributed by atoms with Gasteiger partial charge in [0.05, 0.1) is 11.5 Å². The van der Waals surface area contributed by atoms with Crippen LogP contribution >= 0.6 is 0 Å². The molecule has 7 nitrogen and oxygen atoms in total. The molecule has 0 bridgehead atoms. The van der Waals surface area contributed by atoms with Crippen molar-refractivity contribution in [3.63, 3.8) is 0 Å². The Balaban J connectivity index is 1.25. The second-order valence-corrected chi connectivity index (χ2v) is 10.1. The Kier molecular flexibility index (Phi) is 6.91. The Hall–Kier alpha value is -2.71. The molecule has 0 unspecified atom stereocenters. The number of fused-ring (bicyclic) bond motifs is 1. The van der Waals surface area contributed by atoms with Gasteiger partial charge in [0, 0.05) is 31.5 Å². The normalized spacial score (nSPS) is 16.2. The summed E-state index contributed by atoms with van der Waals surface area (Å²) in [5, 5.41) is 0. The lowest BCUT2D eigenvalue weighted by molar-refractivity contribution is -0.142. The van der Waals surface area contributed by atoms with Gasteiger partial charge in [-0.1, -0.05) is 18.6 Å². The number of sulfonamides is 1. The van der Waals surface area contributed by atoms with E-state index in [0.717, 1.165) is 42.6 Å². The molecule has 0 atom stereocenters. The van der Waals surface area contributed by atoms with Crippen molar-refractivity contribution < 1.29 is 27.5 Å². The number of hydrogen-bond acceptors (Lipinski definition) is 6. The molecule has 0 saturated carbocycles. The van der Waals surface area contributed by atoms with E-state index in [-0.39, 0.29) is 23.7 Å². The third-order valence-corrected chi connectivity index (χ3v) is 7.78. The topological polar surface area (TPSA) is 90.0 Å². The maximum absolute atomic E-state index is 12.7. The average Bonchev–Trinajstić information content (AvgIpc) is 3.30. The van der Waals surface area contributed by atoms with Gasteiger partial charge in [-0.2, -0.15) is 4.31 Å². The van der Waals surface area contributed by atoms with E-state index >= 15 is 0 Å². The third kappa shape index (κ3) is 5.19. The van der Waals surface area contributed by atoms with E-state index in [0.29, 0.717) is 31.7 Å². The molecular weight excluding hydrogens is 430 g/mol. The zero-order valence-corrected chi connectivity index (χ0v) is 18.7. The van der Waals surface area contributed by atoms with Crippen LogP contribution in [0.1, 0.15) is 47.2 Å². The van der Waals surface area contributed by atoms with Crippen LogP contribution in [0.3, 0.4) is 0 Å². The monoisotopic (exact) mass is 457 g/mol. The van der Waals surface area contributed by atoms with Crippen LogP contribution in [0.15, 0.2) is 47.4 Å². The smallest absolute Gasteiger partial charge is 0.306 e. The van der Waals surface area contributed by atoms with Crippen molar-refractivity contribution in [2.24, 2.45) is 0 Å². The number of benzene rings is 2. The predicted molar refractivity (Wildman–Crippen MR) is 118 cm³/mol. The summed E-state index contributed by atoms with van der Waals surface area (Å²) < 4.78 is 37.5. The first-order valence-corrected chi connectivity index (χ1v) is 12.4. The van der Waals surface area contributed by atoms with Crippen LogP contribution in [0.5, 0.6) is 5.75 Å². The SMILES string of the molecule is O=C(CCc1ccc(S(=O)(=O)N2CCCCC2)cc1)OCC(=O)c1ccc2c(c1)CCO2. The molecule has 2 heterocycles. The van der Waals surface area contributed by atoms with E-state index in [2.05, 4.69) is 0 Å². The number of carbonyl (C=O) groups excluding carboxylic acids is 2. The van der Waals surface area contributed by atoms with Crippen LogP contribution in [0.25, 0.3) is 0 Å². The maximum atomic E-state index is 12.7. The van der Waals surface area contributed by atoms with Crippen LogP contribution in [0, 0.1) is 0 Å². The molecule has 2 aliphatic heterocycles. The summed E-state index contributed by atoms with van der Waals surface area (Å²) in [6.07, 6.45) is 4.14. The summed E-state index contributed by atoms with van der Waals surface area (Å²) in [6, 6.07) is 11.9. The molecule has 2 aliphatic rings. The Morgan fingerprint density at radius 2 is 1.75 bits per heavy atom. The van der Waals surface area contributed by atoms with Gasteiger partial charge in [-0.3, -0.25) is 9.59 Å². The molecule has 0 N–H and O–H groups in total. The summed E-state index contributed by atoms with van der Waals surface area (Å²) in [7, 11) is -3.46. The molecule has 1 fully saturated rings. The quantitative estimate of drug-likeness (QED) is 0.447. The minimum atomic E-state index is -3.46. The van der Waals surface area contributed by atoms with Gasteiger partial charge in [-0.25, -0.2) is 8.42 Å². The fraction of sp³-hybridized carbons (Fsp3) is 0.417. The van der Waals surface area contributed by atoms with Gasteiger partial charge in [0.15, 0.2) is 12.4 Å². The van der Waals surface area contributed by atoms with E-state index in [9.17, 15) is 18.0 Å². The van der Waals surface area contributed by atoms with Crippen molar-refractivity contribution in [2.75, 3.05) is 26.3 Å². The Morgan fingerprint density at radius 3 is 2.50 bits per heavy atom. The van der Waals surface area contributed by atoms with E-state index in [1.54, 1.807) is 42.5 Å². The lowest BCUT2D eigenvalue weighted by Crippen LogP contribution is -2.35. The number of nitrogens with zero attached hydrogens (tertiary/aromatic N) is 1. The number of ketones is 1. The maximum Gasteiger partial charge on any atom is 0.306 e. The van der Waals surface area contributed by atoms with Crippen molar-refractivity contribution in [1.29, 1.82) is 0 Å². The Morgan fingerprint density at radius 1 is 1.00 bits per heavy atom. The van der Waals surface area contributed by atoms with E-state index in [1.165, 1.54) is 4.31 Å². The van der Waals surface area contributed by atoms with E-state index < -0.39 is 16.0 Å². The summed E-state index contributed by atoms with van der Waals surface area (Å²) in [6.45, 7) is 1.44.